The molecule has 6 nitrogen and oxygen atoms in total. The lowest BCUT2D eigenvalue weighted by Crippen LogP contribution is -2.53. The van der Waals surface area contributed by atoms with E-state index in [0.717, 1.165) is 68.9 Å². The average molecular weight is 440 g/mol. The van der Waals surface area contributed by atoms with Gasteiger partial charge in [-0.2, -0.15) is 0 Å². The first-order valence-electron chi connectivity index (χ1n) is 12.4. The molecule has 4 saturated carbocycles. The number of amides is 2. The second kappa shape index (κ2) is 9.05. The second-order valence-corrected chi connectivity index (χ2v) is 10.7. The maximum absolute atomic E-state index is 13.1. The molecule has 1 saturated heterocycles. The maximum atomic E-state index is 13.1. The van der Waals surface area contributed by atoms with Crippen LogP contribution in [0.15, 0.2) is 24.3 Å². The van der Waals surface area contributed by atoms with Crippen LogP contribution in [0.3, 0.4) is 0 Å². The Kier molecular flexibility index (Phi) is 6.15. The zero-order valence-electron chi connectivity index (χ0n) is 19.4. The molecule has 2 amide bonds. The number of nitrogens with one attached hydrogen (secondary N) is 1. The summed E-state index contributed by atoms with van der Waals surface area (Å²) >= 11 is 0. The molecule has 1 aromatic carbocycles. The molecule has 32 heavy (non-hydrogen) atoms. The van der Waals surface area contributed by atoms with Gasteiger partial charge in [0.05, 0.1) is 13.2 Å². The van der Waals surface area contributed by atoms with Crippen molar-refractivity contribution in [2.45, 2.75) is 51.5 Å². The highest BCUT2D eigenvalue weighted by molar-refractivity contribution is 5.84. The molecule has 1 N–H and O–H groups in total. The van der Waals surface area contributed by atoms with Crippen LogP contribution in [-0.2, 0) is 20.9 Å². The first kappa shape index (κ1) is 21.7. The summed E-state index contributed by atoms with van der Waals surface area (Å²) in [6, 6.07) is 8.46. The van der Waals surface area contributed by atoms with E-state index in [1.165, 1.54) is 24.9 Å². The van der Waals surface area contributed by atoms with Gasteiger partial charge in [0.15, 0.2) is 0 Å². The lowest BCUT2D eigenvalue weighted by atomic mass is 9.49. The quantitative estimate of drug-likeness (QED) is 0.709. The first-order valence-corrected chi connectivity index (χ1v) is 12.4. The van der Waals surface area contributed by atoms with Gasteiger partial charge in [0.1, 0.15) is 0 Å². The maximum Gasteiger partial charge on any atom is 0.226 e. The molecule has 6 rings (SSSR count). The van der Waals surface area contributed by atoms with Crippen molar-refractivity contribution in [3.63, 3.8) is 0 Å². The van der Waals surface area contributed by atoms with Crippen molar-refractivity contribution in [3.8, 4) is 0 Å². The van der Waals surface area contributed by atoms with Crippen LogP contribution in [0.5, 0.6) is 0 Å². The van der Waals surface area contributed by atoms with Crippen LogP contribution >= 0.6 is 0 Å². The minimum absolute atomic E-state index is 0.0769. The number of anilines is 1. The molecule has 0 radical (unpaired) electrons. The molecule has 4 bridgehead atoms. The molecule has 0 unspecified atom stereocenters. The monoisotopic (exact) mass is 439 g/mol. The number of nitrogens with zero attached hydrogens (tertiary/aromatic N) is 2. The summed E-state index contributed by atoms with van der Waals surface area (Å²) in [7, 11) is 1.85. The Labute approximate surface area is 191 Å². The summed E-state index contributed by atoms with van der Waals surface area (Å²) in [5.74, 6) is 2.57. The Morgan fingerprint density at radius 3 is 2.22 bits per heavy atom. The predicted octanol–water partition coefficient (Wildman–Crippen LogP) is 3.20. The molecular weight excluding hydrogens is 402 g/mol. The van der Waals surface area contributed by atoms with Crippen LogP contribution in [0.25, 0.3) is 0 Å². The van der Waals surface area contributed by atoms with Gasteiger partial charge in [-0.05, 0) is 74.0 Å². The van der Waals surface area contributed by atoms with Crippen molar-refractivity contribution in [2.75, 3.05) is 44.8 Å². The number of hydrogen-bond donors (Lipinski definition) is 1. The van der Waals surface area contributed by atoms with E-state index < -0.39 is 0 Å². The Hall–Kier alpha value is -2.08. The summed E-state index contributed by atoms with van der Waals surface area (Å²) in [6.45, 7) is 4.43. The number of rotatable bonds is 7. The summed E-state index contributed by atoms with van der Waals surface area (Å²) < 4.78 is 5.42. The molecule has 5 aliphatic rings. The van der Waals surface area contributed by atoms with Crippen molar-refractivity contribution in [1.82, 2.24) is 10.2 Å². The number of benzene rings is 1. The van der Waals surface area contributed by atoms with Crippen molar-refractivity contribution in [3.05, 3.63) is 29.8 Å². The van der Waals surface area contributed by atoms with E-state index >= 15 is 0 Å². The number of carbonyl (C=O) groups excluding carboxylic acids is 2. The van der Waals surface area contributed by atoms with Gasteiger partial charge in [0.25, 0.3) is 0 Å². The largest absolute Gasteiger partial charge is 0.378 e. The van der Waals surface area contributed by atoms with Gasteiger partial charge in [-0.15, -0.1) is 0 Å². The molecule has 0 atom stereocenters. The van der Waals surface area contributed by atoms with Crippen LogP contribution in [0.2, 0.25) is 0 Å². The average Bonchev–Trinajstić information content (AvgIpc) is 2.79. The number of hydrogen-bond acceptors (Lipinski definition) is 4. The fourth-order valence-corrected chi connectivity index (χ4v) is 7.05. The Bertz CT molecular complexity index is 796. The van der Waals surface area contributed by atoms with E-state index in [0.29, 0.717) is 19.5 Å². The summed E-state index contributed by atoms with van der Waals surface area (Å²) in [5, 5.41) is 3.13. The Balaban J connectivity index is 1.07. The standard InChI is InChI=1S/C26H37N3O3/c1-28(18-19-2-4-23(5-3-19)29-8-10-32-11-9-29)24(30)6-7-27-25(31)26-15-20-12-21(16-26)14-22(13-20)17-26/h2-5,20-22H,6-18H2,1H3,(H,27,31). The van der Waals surface area contributed by atoms with Gasteiger partial charge in [-0.25, -0.2) is 0 Å². The number of ether oxygens (including phenoxy) is 1. The molecule has 1 aliphatic heterocycles. The topological polar surface area (TPSA) is 61.9 Å². The highest BCUT2D eigenvalue weighted by Gasteiger charge is 2.54. The van der Waals surface area contributed by atoms with Crippen molar-refractivity contribution in [2.24, 2.45) is 23.2 Å². The minimum Gasteiger partial charge on any atom is -0.378 e. The number of carbonyl (C=O) groups is 2. The SMILES string of the molecule is CN(Cc1ccc(N2CCOCC2)cc1)C(=O)CCNC(=O)C12CC3CC(CC(C3)C1)C2. The van der Waals surface area contributed by atoms with Gasteiger partial charge in [0, 0.05) is 50.7 Å². The van der Waals surface area contributed by atoms with Gasteiger partial charge in [-0.3, -0.25) is 9.59 Å². The fraction of sp³-hybridized carbons (Fsp3) is 0.692. The van der Waals surface area contributed by atoms with Gasteiger partial charge in [-0.1, -0.05) is 12.1 Å². The van der Waals surface area contributed by atoms with E-state index in [1.54, 1.807) is 4.90 Å². The molecule has 4 aliphatic carbocycles. The molecular formula is C26H37N3O3. The fourth-order valence-electron chi connectivity index (χ4n) is 7.05. The van der Waals surface area contributed by atoms with Crippen LogP contribution in [0.4, 0.5) is 5.69 Å². The second-order valence-electron chi connectivity index (χ2n) is 10.7. The summed E-state index contributed by atoms with van der Waals surface area (Å²) in [4.78, 5) is 29.8. The number of morpholine rings is 1. The molecule has 0 aromatic heterocycles. The smallest absolute Gasteiger partial charge is 0.226 e. The van der Waals surface area contributed by atoms with E-state index in [2.05, 4.69) is 34.5 Å². The van der Waals surface area contributed by atoms with Gasteiger partial charge in [0.2, 0.25) is 11.8 Å². The third kappa shape index (κ3) is 4.52. The van der Waals surface area contributed by atoms with E-state index in [1.807, 2.05) is 7.05 Å². The van der Waals surface area contributed by atoms with Crippen LogP contribution in [-0.4, -0.2) is 56.6 Å². The van der Waals surface area contributed by atoms with Crippen molar-refractivity contribution < 1.29 is 14.3 Å². The third-order valence-electron chi connectivity index (χ3n) is 8.30. The lowest BCUT2D eigenvalue weighted by molar-refractivity contribution is -0.146. The van der Waals surface area contributed by atoms with E-state index in [9.17, 15) is 9.59 Å². The molecule has 1 heterocycles. The van der Waals surface area contributed by atoms with Crippen LogP contribution in [0.1, 0.15) is 50.5 Å². The van der Waals surface area contributed by atoms with Crippen LogP contribution in [0, 0.1) is 23.2 Å². The molecule has 6 heteroatoms. The molecule has 5 fully saturated rings. The summed E-state index contributed by atoms with van der Waals surface area (Å²) in [6.07, 6.45) is 7.58. The Morgan fingerprint density at radius 1 is 1.03 bits per heavy atom. The van der Waals surface area contributed by atoms with E-state index in [4.69, 9.17) is 4.74 Å². The zero-order chi connectivity index (χ0) is 22.1. The summed E-state index contributed by atoms with van der Waals surface area (Å²) in [5.41, 5.74) is 2.19. The zero-order valence-corrected chi connectivity index (χ0v) is 19.4. The highest BCUT2D eigenvalue weighted by Crippen LogP contribution is 2.60. The first-order chi connectivity index (χ1) is 15.5. The third-order valence-corrected chi connectivity index (χ3v) is 8.30. The van der Waals surface area contributed by atoms with Gasteiger partial charge < -0.3 is 19.9 Å². The molecule has 1 aromatic rings. The predicted molar refractivity (Wildman–Crippen MR) is 124 cm³/mol. The van der Waals surface area contributed by atoms with Gasteiger partial charge >= 0.3 is 0 Å². The highest BCUT2D eigenvalue weighted by atomic mass is 16.5. The minimum atomic E-state index is -0.133. The van der Waals surface area contributed by atoms with Crippen LogP contribution < -0.4 is 10.2 Å². The normalized spacial score (nSPS) is 30.9. The van der Waals surface area contributed by atoms with Crippen molar-refractivity contribution >= 4 is 17.5 Å². The molecule has 174 valence electrons. The van der Waals surface area contributed by atoms with Crippen molar-refractivity contribution in [1.29, 1.82) is 0 Å². The molecule has 0 spiro atoms. The lowest BCUT2D eigenvalue weighted by Gasteiger charge is -2.55. The Morgan fingerprint density at radius 2 is 1.62 bits per heavy atom. The van der Waals surface area contributed by atoms with E-state index in [-0.39, 0.29) is 17.2 Å².